The summed E-state index contributed by atoms with van der Waals surface area (Å²) in [7, 11) is 0. The molecule has 5 nitrogen and oxygen atoms in total. The Bertz CT molecular complexity index is 609. The van der Waals surface area contributed by atoms with Gasteiger partial charge in [0.1, 0.15) is 11.8 Å². The van der Waals surface area contributed by atoms with Crippen LogP contribution < -0.4 is 10.6 Å². The first-order chi connectivity index (χ1) is 10.1. The summed E-state index contributed by atoms with van der Waals surface area (Å²) in [6.45, 7) is 1.76. The minimum atomic E-state index is -0.894. The molecule has 2 aliphatic rings. The van der Waals surface area contributed by atoms with Crippen LogP contribution in [0.5, 0.6) is 0 Å². The Labute approximate surface area is 127 Å². The van der Waals surface area contributed by atoms with E-state index in [-0.39, 0.29) is 11.8 Å². The highest BCUT2D eigenvalue weighted by molar-refractivity contribution is 6.30. The number of halogens is 1. The standard InChI is InChI=1S/C15H16ClN3O2/c16-11-3-1-2-10(8-11)12-14(20)18-13(19-15(12)21)9-4-6-17-7-5-9/h1-3,8-9,12,17H,4-7H2,(H,18,19,20,21). The molecule has 2 N–H and O–H groups in total. The van der Waals surface area contributed by atoms with Crippen LogP contribution in [0.3, 0.4) is 0 Å². The number of rotatable bonds is 2. The van der Waals surface area contributed by atoms with E-state index in [0.29, 0.717) is 16.4 Å². The van der Waals surface area contributed by atoms with Crippen LogP contribution in [0.15, 0.2) is 29.3 Å². The Morgan fingerprint density at radius 2 is 1.95 bits per heavy atom. The van der Waals surface area contributed by atoms with E-state index in [2.05, 4.69) is 15.6 Å². The van der Waals surface area contributed by atoms with Crippen molar-refractivity contribution < 1.29 is 9.59 Å². The molecule has 6 heteroatoms. The molecule has 0 aromatic heterocycles. The summed E-state index contributed by atoms with van der Waals surface area (Å²) in [5.41, 5.74) is 0.582. The van der Waals surface area contributed by atoms with Gasteiger partial charge in [-0.25, -0.2) is 0 Å². The summed E-state index contributed by atoms with van der Waals surface area (Å²) in [6, 6.07) is 6.79. The minimum Gasteiger partial charge on any atom is -0.317 e. The molecule has 1 atom stereocenters. The number of aliphatic imine (C=N–C) groups is 1. The summed E-state index contributed by atoms with van der Waals surface area (Å²) < 4.78 is 0. The molecule has 0 saturated carbocycles. The Hall–Kier alpha value is -1.72. The van der Waals surface area contributed by atoms with Gasteiger partial charge >= 0.3 is 0 Å². The Balaban J connectivity index is 1.85. The third kappa shape index (κ3) is 2.99. The monoisotopic (exact) mass is 305 g/mol. The molecule has 0 radical (unpaired) electrons. The van der Waals surface area contributed by atoms with Gasteiger partial charge in [0.25, 0.3) is 5.91 Å². The van der Waals surface area contributed by atoms with Crippen LogP contribution in [0.25, 0.3) is 0 Å². The molecule has 2 heterocycles. The van der Waals surface area contributed by atoms with Crippen molar-refractivity contribution in [3.63, 3.8) is 0 Å². The summed E-state index contributed by atoms with van der Waals surface area (Å²) >= 11 is 5.92. The quantitative estimate of drug-likeness (QED) is 0.813. The highest BCUT2D eigenvalue weighted by Crippen LogP contribution is 2.25. The van der Waals surface area contributed by atoms with Crippen molar-refractivity contribution in [3.8, 4) is 0 Å². The van der Waals surface area contributed by atoms with Crippen molar-refractivity contribution in [3.05, 3.63) is 34.9 Å². The SMILES string of the molecule is O=C1N=C(C2CCNCC2)NC(=O)C1c1cccc(Cl)c1. The topological polar surface area (TPSA) is 70.6 Å². The lowest BCUT2D eigenvalue weighted by molar-refractivity contribution is -0.130. The van der Waals surface area contributed by atoms with Gasteiger partial charge in [0.15, 0.2) is 0 Å². The molecule has 1 aromatic carbocycles. The Morgan fingerprint density at radius 1 is 1.19 bits per heavy atom. The second-order valence-electron chi connectivity index (χ2n) is 5.34. The molecular weight excluding hydrogens is 290 g/mol. The van der Waals surface area contributed by atoms with Gasteiger partial charge in [0.05, 0.1) is 0 Å². The predicted octanol–water partition coefficient (Wildman–Crippen LogP) is 1.48. The first-order valence-electron chi connectivity index (χ1n) is 7.04. The molecule has 3 rings (SSSR count). The zero-order valence-corrected chi connectivity index (χ0v) is 12.2. The van der Waals surface area contributed by atoms with Crippen LogP contribution >= 0.6 is 11.6 Å². The van der Waals surface area contributed by atoms with Gasteiger partial charge < -0.3 is 10.6 Å². The van der Waals surface area contributed by atoms with Crippen molar-refractivity contribution >= 4 is 29.3 Å². The lowest BCUT2D eigenvalue weighted by Gasteiger charge is -2.28. The number of amides is 2. The molecule has 110 valence electrons. The summed E-state index contributed by atoms with van der Waals surface area (Å²) in [5.74, 6) is -0.946. The van der Waals surface area contributed by atoms with E-state index < -0.39 is 11.8 Å². The second-order valence-corrected chi connectivity index (χ2v) is 5.77. The van der Waals surface area contributed by atoms with Crippen LogP contribution in [0, 0.1) is 5.92 Å². The van der Waals surface area contributed by atoms with E-state index >= 15 is 0 Å². The number of hydrogen-bond donors (Lipinski definition) is 2. The van der Waals surface area contributed by atoms with E-state index in [9.17, 15) is 9.59 Å². The van der Waals surface area contributed by atoms with Crippen molar-refractivity contribution in [2.45, 2.75) is 18.8 Å². The number of carbonyl (C=O) groups is 2. The van der Waals surface area contributed by atoms with E-state index in [1.54, 1.807) is 24.3 Å². The molecule has 0 bridgehead atoms. The first kappa shape index (κ1) is 14.2. The summed E-state index contributed by atoms with van der Waals surface area (Å²) in [4.78, 5) is 28.7. The number of nitrogens with zero attached hydrogens (tertiary/aromatic N) is 1. The number of benzene rings is 1. The minimum absolute atomic E-state index is 0.152. The lowest BCUT2D eigenvalue weighted by atomic mass is 9.92. The zero-order chi connectivity index (χ0) is 14.8. The van der Waals surface area contributed by atoms with Crippen molar-refractivity contribution in [2.24, 2.45) is 10.9 Å². The van der Waals surface area contributed by atoms with Gasteiger partial charge in [0, 0.05) is 10.9 Å². The van der Waals surface area contributed by atoms with Gasteiger partial charge in [0.2, 0.25) is 5.91 Å². The molecule has 2 amide bonds. The lowest BCUT2D eigenvalue weighted by Crippen LogP contribution is -2.47. The number of nitrogens with one attached hydrogen (secondary N) is 2. The third-order valence-electron chi connectivity index (χ3n) is 3.90. The van der Waals surface area contributed by atoms with Crippen molar-refractivity contribution in [2.75, 3.05) is 13.1 Å². The van der Waals surface area contributed by atoms with Crippen LogP contribution in [-0.4, -0.2) is 30.7 Å². The van der Waals surface area contributed by atoms with Gasteiger partial charge in [-0.05, 0) is 43.6 Å². The fourth-order valence-electron chi connectivity index (χ4n) is 2.79. The van der Waals surface area contributed by atoms with E-state index in [1.807, 2.05) is 0 Å². The Kier molecular flexibility index (Phi) is 4.03. The molecular formula is C15H16ClN3O2. The smallest absolute Gasteiger partial charge is 0.264 e. The van der Waals surface area contributed by atoms with Crippen LogP contribution in [0.2, 0.25) is 5.02 Å². The van der Waals surface area contributed by atoms with Crippen molar-refractivity contribution in [1.82, 2.24) is 10.6 Å². The maximum absolute atomic E-state index is 12.3. The molecule has 1 saturated heterocycles. The fraction of sp³-hybridized carbons (Fsp3) is 0.400. The zero-order valence-electron chi connectivity index (χ0n) is 11.4. The average molecular weight is 306 g/mol. The maximum atomic E-state index is 12.3. The molecule has 0 aliphatic carbocycles. The average Bonchev–Trinajstić information content (AvgIpc) is 2.47. The van der Waals surface area contributed by atoms with E-state index in [1.165, 1.54) is 0 Å². The first-order valence-corrected chi connectivity index (χ1v) is 7.42. The number of amidine groups is 1. The fourth-order valence-corrected chi connectivity index (χ4v) is 2.99. The second kappa shape index (κ2) is 5.95. The molecule has 1 fully saturated rings. The van der Waals surface area contributed by atoms with Gasteiger partial charge in [-0.3, -0.25) is 9.59 Å². The van der Waals surface area contributed by atoms with Gasteiger partial charge in [-0.1, -0.05) is 23.7 Å². The summed E-state index contributed by atoms with van der Waals surface area (Å²) in [5, 5.41) is 6.55. The van der Waals surface area contributed by atoms with Crippen LogP contribution in [0.4, 0.5) is 0 Å². The molecule has 2 aliphatic heterocycles. The largest absolute Gasteiger partial charge is 0.317 e. The normalized spacial score (nSPS) is 23.7. The van der Waals surface area contributed by atoms with E-state index in [0.717, 1.165) is 25.9 Å². The number of hydrogen-bond acceptors (Lipinski definition) is 3. The molecule has 1 unspecified atom stereocenters. The third-order valence-corrected chi connectivity index (χ3v) is 4.13. The number of carbonyl (C=O) groups excluding carboxylic acids is 2. The predicted molar refractivity (Wildman–Crippen MR) is 80.4 cm³/mol. The number of piperidine rings is 1. The van der Waals surface area contributed by atoms with Gasteiger partial charge in [-0.15, -0.1) is 0 Å². The van der Waals surface area contributed by atoms with Crippen LogP contribution in [-0.2, 0) is 9.59 Å². The Morgan fingerprint density at radius 3 is 2.62 bits per heavy atom. The molecule has 1 aromatic rings. The molecule has 0 spiro atoms. The van der Waals surface area contributed by atoms with Crippen molar-refractivity contribution in [1.29, 1.82) is 0 Å². The van der Waals surface area contributed by atoms with Gasteiger partial charge in [-0.2, -0.15) is 4.99 Å². The summed E-state index contributed by atoms with van der Waals surface area (Å²) in [6.07, 6.45) is 1.77. The van der Waals surface area contributed by atoms with Crippen LogP contribution in [0.1, 0.15) is 24.3 Å². The molecule has 21 heavy (non-hydrogen) atoms. The highest BCUT2D eigenvalue weighted by atomic mass is 35.5. The highest BCUT2D eigenvalue weighted by Gasteiger charge is 2.35. The maximum Gasteiger partial charge on any atom is 0.264 e. The van der Waals surface area contributed by atoms with E-state index in [4.69, 9.17) is 11.6 Å².